The van der Waals surface area contributed by atoms with Crippen molar-refractivity contribution >= 4 is 17.4 Å². The van der Waals surface area contributed by atoms with Gasteiger partial charge in [-0.15, -0.1) is 11.8 Å². The van der Waals surface area contributed by atoms with Crippen LogP contribution in [-0.4, -0.2) is 5.75 Å². The predicted molar refractivity (Wildman–Crippen MR) is 69.8 cm³/mol. The Hall–Kier alpha value is -1.76. The summed E-state index contributed by atoms with van der Waals surface area (Å²) in [5.41, 5.74) is -0.222. The summed E-state index contributed by atoms with van der Waals surface area (Å²) in [6.07, 6.45) is 0. The molecular weight excluding hydrogens is 309 g/mol. The molecule has 1 atom stereocenters. The number of rotatable bonds is 2. The molecule has 1 aliphatic rings. The van der Waals surface area contributed by atoms with Gasteiger partial charge in [-0.2, -0.15) is 0 Å². The number of hydrogen-bond acceptors (Lipinski definition) is 2. The van der Waals surface area contributed by atoms with E-state index in [-0.39, 0.29) is 0 Å². The van der Waals surface area contributed by atoms with Crippen LogP contribution in [0.25, 0.3) is 0 Å². The quantitative estimate of drug-likeness (QED) is 0.492. The smallest absolute Gasteiger partial charge is 0.200 e. The van der Waals surface area contributed by atoms with E-state index in [1.165, 1.54) is 11.8 Å². The monoisotopic (exact) mass is 317 g/mol. The van der Waals surface area contributed by atoms with Crippen LogP contribution in [0.2, 0.25) is 0 Å². The molecule has 0 fully saturated rings. The van der Waals surface area contributed by atoms with Crippen molar-refractivity contribution in [2.45, 2.75) is 10.9 Å². The first kappa shape index (κ1) is 14.2. The van der Waals surface area contributed by atoms with E-state index in [0.717, 1.165) is 10.5 Å². The van der Waals surface area contributed by atoms with E-state index in [1.54, 1.807) is 12.1 Å². The van der Waals surface area contributed by atoms with Crippen molar-refractivity contribution in [2.24, 2.45) is 0 Å². The number of halogens is 5. The molecule has 0 amide bonds. The lowest BCUT2D eigenvalue weighted by Crippen LogP contribution is -2.15. The summed E-state index contributed by atoms with van der Waals surface area (Å²) in [6, 6.07) is 6.63. The zero-order valence-electron chi connectivity index (χ0n) is 10.4. The van der Waals surface area contributed by atoms with E-state index in [2.05, 4.69) is 5.32 Å². The van der Waals surface area contributed by atoms with E-state index >= 15 is 0 Å². The van der Waals surface area contributed by atoms with Crippen LogP contribution >= 0.6 is 11.8 Å². The van der Waals surface area contributed by atoms with Crippen LogP contribution in [0.4, 0.5) is 27.6 Å². The second-order valence-corrected chi connectivity index (χ2v) is 5.55. The molecule has 1 aliphatic heterocycles. The molecule has 3 rings (SSSR count). The fourth-order valence-corrected chi connectivity index (χ4v) is 3.35. The Morgan fingerprint density at radius 3 is 2.10 bits per heavy atom. The van der Waals surface area contributed by atoms with Gasteiger partial charge in [0.05, 0.1) is 6.04 Å². The van der Waals surface area contributed by atoms with Crippen molar-refractivity contribution in [3.63, 3.8) is 0 Å². The third-order valence-electron chi connectivity index (χ3n) is 3.23. The van der Waals surface area contributed by atoms with Gasteiger partial charge in [0.2, 0.25) is 5.82 Å². The molecule has 110 valence electrons. The van der Waals surface area contributed by atoms with Gasteiger partial charge in [0, 0.05) is 10.6 Å². The van der Waals surface area contributed by atoms with E-state index < -0.39 is 40.8 Å². The maximum atomic E-state index is 13.6. The van der Waals surface area contributed by atoms with E-state index in [9.17, 15) is 22.0 Å². The average Bonchev–Trinajstić information content (AvgIpc) is 2.91. The molecule has 1 heterocycles. The van der Waals surface area contributed by atoms with Crippen molar-refractivity contribution in [1.29, 1.82) is 0 Å². The number of benzene rings is 2. The number of thioether (sulfide) groups is 1. The van der Waals surface area contributed by atoms with Crippen LogP contribution in [0.3, 0.4) is 0 Å². The Morgan fingerprint density at radius 1 is 0.857 bits per heavy atom. The molecule has 21 heavy (non-hydrogen) atoms. The van der Waals surface area contributed by atoms with Gasteiger partial charge in [0.25, 0.3) is 0 Å². The Morgan fingerprint density at radius 2 is 1.43 bits per heavy atom. The Balaban J connectivity index is 2.01. The molecule has 1 N–H and O–H groups in total. The minimum atomic E-state index is -2.16. The molecular formula is C14H8F5NS. The Kier molecular flexibility index (Phi) is 3.52. The molecule has 0 aliphatic carbocycles. The molecule has 0 bridgehead atoms. The second-order valence-electron chi connectivity index (χ2n) is 4.49. The molecule has 0 saturated heterocycles. The van der Waals surface area contributed by atoms with Crippen LogP contribution in [-0.2, 0) is 0 Å². The Bertz CT molecular complexity index is 690. The minimum Gasteiger partial charge on any atom is -0.372 e. The number of hydrogen-bond donors (Lipinski definition) is 1. The number of anilines is 1. The molecule has 2 aromatic carbocycles. The summed E-state index contributed by atoms with van der Waals surface area (Å²) < 4.78 is 66.6. The molecule has 1 unspecified atom stereocenters. The molecule has 0 radical (unpaired) electrons. The highest BCUT2D eigenvalue weighted by Gasteiger charge is 2.29. The molecule has 0 aromatic heterocycles. The fraction of sp³-hybridized carbons (Fsp3) is 0.143. The van der Waals surface area contributed by atoms with Gasteiger partial charge in [-0.1, -0.05) is 18.2 Å². The van der Waals surface area contributed by atoms with Gasteiger partial charge >= 0.3 is 0 Å². The number of fused-ring (bicyclic) bond motifs is 1. The average molecular weight is 317 g/mol. The third-order valence-corrected chi connectivity index (χ3v) is 4.41. The van der Waals surface area contributed by atoms with Gasteiger partial charge < -0.3 is 5.32 Å². The molecule has 0 spiro atoms. The van der Waals surface area contributed by atoms with Crippen LogP contribution in [0.5, 0.6) is 0 Å². The standard InChI is InChI=1S/C14H8F5NS/c15-9-10(16)12(18)14(13(19)11(9)17)20-7-5-21-8-4-2-1-3-6(7)8/h1-4,7,20H,5H2. The summed E-state index contributed by atoms with van der Waals surface area (Å²) in [5, 5.41) is 2.42. The van der Waals surface area contributed by atoms with Gasteiger partial charge in [-0.05, 0) is 11.6 Å². The zero-order valence-corrected chi connectivity index (χ0v) is 11.2. The number of nitrogens with one attached hydrogen (secondary N) is 1. The van der Waals surface area contributed by atoms with Gasteiger partial charge in [0.15, 0.2) is 23.3 Å². The van der Waals surface area contributed by atoms with Crippen molar-refractivity contribution in [2.75, 3.05) is 11.1 Å². The van der Waals surface area contributed by atoms with E-state index in [1.807, 2.05) is 12.1 Å². The van der Waals surface area contributed by atoms with Crippen LogP contribution < -0.4 is 5.32 Å². The highest BCUT2D eigenvalue weighted by Crippen LogP contribution is 2.40. The van der Waals surface area contributed by atoms with Gasteiger partial charge in [-0.3, -0.25) is 0 Å². The van der Waals surface area contributed by atoms with Crippen molar-refractivity contribution in [3.8, 4) is 0 Å². The van der Waals surface area contributed by atoms with Crippen molar-refractivity contribution < 1.29 is 22.0 Å². The van der Waals surface area contributed by atoms with Crippen LogP contribution in [0, 0.1) is 29.1 Å². The molecule has 2 aromatic rings. The maximum Gasteiger partial charge on any atom is 0.200 e. The van der Waals surface area contributed by atoms with Crippen LogP contribution in [0.1, 0.15) is 11.6 Å². The van der Waals surface area contributed by atoms with Crippen LogP contribution in [0.15, 0.2) is 29.2 Å². The lowest BCUT2D eigenvalue weighted by molar-refractivity contribution is 0.381. The topological polar surface area (TPSA) is 12.0 Å². The normalized spacial score (nSPS) is 16.9. The van der Waals surface area contributed by atoms with E-state index in [0.29, 0.717) is 5.75 Å². The predicted octanol–water partition coefficient (Wildman–Crippen LogP) is 4.64. The van der Waals surface area contributed by atoms with Gasteiger partial charge in [-0.25, -0.2) is 22.0 Å². The highest BCUT2D eigenvalue weighted by molar-refractivity contribution is 7.99. The summed E-state index contributed by atoms with van der Waals surface area (Å²) in [6.45, 7) is 0. The summed E-state index contributed by atoms with van der Waals surface area (Å²) >= 11 is 1.45. The summed E-state index contributed by atoms with van der Waals surface area (Å²) in [7, 11) is 0. The third kappa shape index (κ3) is 2.25. The first-order valence-electron chi connectivity index (χ1n) is 6.00. The van der Waals surface area contributed by atoms with Crippen molar-refractivity contribution in [3.05, 3.63) is 58.9 Å². The molecule has 0 saturated carbocycles. The first-order valence-corrected chi connectivity index (χ1v) is 6.99. The zero-order chi connectivity index (χ0) is 15.1. The largest absolute Gasteiger partial charge is 0.372 e. The lowest BCUT2D eigenvalue weighted by Gasteiger charge is -2.16. The maximum absolute atomic E-state index is 13.6. The first-order chi connectivity index (χ1) is 10.0. The Labute approximate surface area is 121 Å². The van der Waals surface area contributed by atoms with E-state index in [4.69, 9.17) is 0 Å². The lowest BCUT2D eigenvalue weighted by atomic mass is 10.1. The SMILES string of the molecule is Fc1c(F)c(F)c(NC2CSc3ccccc32)c(F)c1F. The van der Waals surface area contributed by atoms with Gasteiger partial charge in [0.1, 0.15) is 5.69 Å². The summed E-state index contributed by atoms with van der Waals surface area (Å²) in [5.74, 6) is -9.30. The highest BCUT2D eigenvalue weighted by atomic mass is 32.2. The second kappa shape index (κ2) is 5.22. The van der Waals surface area contributed by atoms with Crippen molar-refractivity contribution in [1.82, 2.24) is 0 Å². The molecule has 7 heteroatoms. The minimum absolute atomic E-state index is 0.443. The molecule has 1 nitrogen and oxygen atoms in total. The summed E-state index contributed by atoms with van der Waals surface area (Å²) in [4.78, 5) is 0.916. The fourth-order valence-electron chi connectivity index (χ4n) is 2.19.